The van der Waals surface area contributed by atoms with Crippen LogP contribution in [0.4, 0.5) is 15.6 Å². The molecule has 4 rings (SSSR count). The third-order valence-electron chi connectivity index (χ3n) is 5.67. The van der Waals surface area contributed by atoms with Crippen molar-refractivity contribution in [3.63, 3.8) is 0 Å². The molecule has 2 aromatic carbocycles. The molecule has 1 saturated heterocycles. The van der Waals surface area contributed by atoms with Gasteiger partial charge in [0, 0.05) is 49.3 Å². The first kappa shape index (κ1) is 20.3. The van der Waals surface area contributed by atoms with Crippen molar-refractivity contribution >= 4 is 28.4 Å². The first-order valence-corrected chi connectivity index (χ1v) is 11.0. The summed E-state index contributed by atoms with van der Waals surface area (Å²) in [6.45, 7) is 8.34. The molecule has 1 aromatic heterocycles. The van der Waals surface area contributed by atoms with Crippen molar-refractivity contribution in [1.82, 2.24) is 14.3 Å². The minimum absolute atomic E-state index is 0.0436. The van der Waals surface area contributed by atoms with Crippen molar-refractivity contribution in [1.29, 1.82) is 0 Å². The topological polar surface area (TPSA) is 61.4 Å². The number of anilines is 2. The molecule has 1 fully saturated rings. The molecule has 1 aliphatic heterocycles. The lowest BCUT2D eigenvalue weighted by Crippen LogP contribution is -2.55. The van der Waals surface area contributed by atoms with E-state index in [1.165, 1.54) is 22.7 Å². The first-order valence-electron chi connectivity index (χ1n) is 10.3. The Bertz CT molecular complexity index is 1020. The fourth-order valence-corrected chi connectivity index (χ4v) is 4.45. The van der Waals surface area contributed by atoms with Crippen LogP contribution in [0.25, 0.3) is 0 Å². The Labute approximate surface area is 181 Å². The second-order valence-electron chi connectivity index (χ2n) is 7.82. The molecule has 0 spiro atoms. The monoisotopic (exact) mass is 421 g/mol. The molecule has 2 heterocycles. The Balaban J connectivity index is 1.37. The smallest absolute Gasteiger partial charge is 0.322 e. The van der Waals surface area contributed by atoms with Gasteiger partial charge in [0.1, 0.15) is 5.82 Å². The van der Waals surface area contributed by atoms with Crippen LogP contribution in [0.1, 0.15) is 29.4 Å². The van der Waals surface area contributed by atoms with Gasteiger partial charge >= 0.3 is 6.03 Å². The summed E-state index contributed by atoms with van der Waals surface area (Å²) in [6, 6.07) is 16.3. The van der Waals surface area contributed by atoms with E-state index in [2.05, 4.69) is 46.6 Å². The highest BCUT2D eigenvalue weighted by Gasteiger charge is 2.29. The van der Waals surface area contributed by atoms with E-state index in [1.807, 2.05) is 42.2 Å². The van der Waals surface area contributed by atoms with E-state index in [9.17, 15) is 4.79 Å². The van der Waals surface area contributed by atoms with Crippen LogP contribution >= 0.6 is 11.5 Å². The van der Waals surface area contributed by atoms with Gasteiger partial charge in [0.15, 0.2) is 0 Å². The first-order chi connectivity index (χ1) is 14.5. The van der Waals surface area contributed by atoms with Crippen LogP contribution in [-0.2, 0) is 6.42 Å². The number of aryl methyl sites for hydroxylation is 1. The van der Waals surface area contributed by atoms with E-state index in [0.717, 1.165) is 41.7 Å². The second kappa shape index (κ2) is 8.83. The van der Waals surface area contributed by atoms with Crippen LogP contribution in [0.3, 0.4) is 0 Å². The Kier molecular flexibility index (Phi) is 5.99. The SMILES string of the molecule is Cc1cccc(NC(=O)N2CCN(c3nc(Cc4ccccc4)ns3)C[C@@H]2C)c1C. The number of nitrogens with one attached hydrogen (secondary N) is 1. The maximum absolute atomic E-state index is 12.9. The summed E-state index contributed by atoms with van der Waals surface area (Å²) in [5.74, 6) is 0.851. The van der Waals surface area contributed by atoms with Crippen molar-refractivity contribution in [3.05, 3.63) is 71.0 Å². The number of urea groups is 1. The lowest BCUT2D eigenvalue weighted by Gasteiger charge is -2.39. The highest BCUT2D eigenvalue weighted by molar-refractivity contribution is 7.09. The van der Waals surface area contributed by atoms with Crippen molar-refractivity contribution in [3.8, 4) is 0 Å². The molecule has 0 radical (unpaired) electrons. The molecule has 0 bridgehead atoms. The van der Waals surface area contributed by atoms with Gasteiger partial charge in [-0.3, -0.25) is 0 Å². The highest BCUT2D eigenvalue weighted by atomic mass is 32.1. The zero-order valence-electron chi connectivity index (χ0n) is 17.6. The Morgan fingerprint density at radius 1 is 1.13 bits per heavy atom. The van der Waals surface area contributed by atoms with Crippen LogP contribution < -0.4 is 10.2 Å². The average Bonchev–Trinajstić information content (AvgIpc) is 3.20. The van der Waals surface area contributed by atoms with E-state index in [4.69, 9.17) is 4.98 Å². The highest BCUT2D eigenvalue weighted by Crippen LogP contribution is 2.24. The maximum Gasteiger partial charge on any atom is 0.322 e. The van der Waals surface area contributed by atoms with Crippen molar-refractivity contribution < 1.29 is 4.79 Å². The molecule has 156 valence electrons. The molecule has 1 atom stereocenters. The number of rotatable bonds is 4. The van der Waals surface area contributed by atoms with Crippen LogP contribution in [0.5, 0.6) is 0 Å². The third-order valence-corrected chi connectivity index (χ3v) is 6.48. The molecular weight excluding hydrogens is 394 g/mol. The van der Waals surface area contributed by atoms with Crippen LogP contribution in [-0.4, -0.2) is 46.0 Å². The number of nitrogens with zero attached hydrogens (tertiary/aromatic N) is 4. The number of aromatic nitrogens is 2. The van der Waals surface area contributed by atoms with Gasteiger partial charge in [-0.2, -0.15) is 4.37 Å². The molecule has 3 aromatic rings. The lowest BCUT2D eigenvalue weighted by molar-refractivity contribution is 0.185. The Morgan fingerprint density at radius 2 is 1.93 bits per heavy atom. The maximum atomic E-state index is 12.9. The third kappa shape index (κ3) is 4.46. The fourth-order valence-electron chi connectivity index (χ4n) is 3.73. The largest absolute Gasteiger partial charge is 0.343 e. The molecule has 0 aliphatic carbocycles. The average molecular weight is 422 g/mol. The van der Waals surface area contributed by atoms with Gasteiger partial charge in [0.05, 0.1) is 0 Å². The molecule has 7 heteroatoms. The number of hydrogen-bond donors (Lipinski definition) is 1. The van der Waals surface area contributed by atoms with Gasteiger partial charge in [0.25, 0.3) is 0 Å². The normalized spacial score (nSPS) is 16.6. The molecule has 2 amide bonds. The molecule has 6 nitrogen and oxygen atoms in total. The standard InChI is InChI=1S/C23H27N5OS/c1-16-8-7-11-20(18(16)3)24-22(29)28-13-12-27(15-17(28)2)23-25-21(26-30-23)14-19-9-5-4-6-10-19/h4-11,17H,12-15H2,1-3H3,(H,24,29)/t17-/m0/s1. The van der Waals surface area contributed by atoms with Gasteiger partial charge in [-0.25, -0.2) is 9.78 Å². The summed E-state index contributed by atoms with van der Waals surface area (Å²) in [5.41, 5.74) is 4.37. The predicted molar refractivity (Wildman–Crippen MR) is 122 cm³/mol. The van der Waals surface area contributed by atoms with Crippen LogP contribution in [0.15, 0.2) is 48.5 Å². The van der Waals surface area contributed by atoms with Gasteiger partial charge in [-0.15, -0.1) is 0 Å². The van der Waals surface area contributed by atoms with Crippen molar-refractivity contribution in [2.45, 2.75) is 33.2 Å². The second-order valence-corrected chi connectivity index (χ2v) is 8.55. The van der Waals surface area contributed by atoms with Crippen molar-refractivity contribution in [2.75, 3.05) is 29.9 Å². The predicted octanol–water partition coefficient (Wildman–Crippen LogP) is 4.49. The minimum Gasteiger partial charge on any atom is -0.343 e. The molecule has 1 N–H and O–H groups in total. The molecule has 0 unspecified atom stereocenters. The number of carbonyl (C=O) groups excluding carboxylic acids is 1. The number of hydrogen-bond acceptors (Lipinski definition) is 5. The van der Waals surface area contributed by atoms with E-state index < -0.39 is 0 Å². The van der Waals surface area contributed by atoms with Gasteiger partial charge in [0.2, 0.25) is 5.13 Å². The van der Waals surface area contributed by atoms with Gasteiger partial charge < -0.3 is 15.1 Å². The summed E-state index contributed by atoms with van der Waals surface area (Å²) in [4.78, 5) is 21.7. The van der Waals surface area contributed by atoms with E-state index in [1.54, 1.807) is 0 Å². The molecule has 30 heavy (non-hydrogen) atoms. The van der Waals surface area contributed by atoms with Gasteiger partial charge in [-0.05, 0) is 43.5 Å². The quantitative estimate of drug-likeness (QED) is 0.674. The minimum atomic E-state index is -0.0436. The number of piperazine rings is 1. The van der Waals surface area contributed by atoms with Crippen LogP contribution in [0.2, 0.25) is 0 Å². The zero-order valence-corrected chi connectivity index (χ0v) is 18.4. The Hall–Kier alpha value is -2.93. The summed E-state index contributed by atoms with van der Waals surface area (Å²) in [7, 11) is 0. The van der Waals surface area contributed by atoms with E-state index >= 15 is 0 Å². The van der Waals surface area contributed by atoms with E-state index in [-0.39, 0.29) is 12.1 Å². The number of carbonyl (C=O) groups is 1. The summed E-state index contributed by atoms with van der Waals surface area (Å²) in [6.07, 6.45) is 0.741. The van der Waals surface area contributed by atoms with E-state index in [0.29, 0.717) is 6.54 Å². The van der Waals surface area contributed by atoms with Crippen molar-refractivity contribution in [2.24, 2.45) is 0 Å². The lowest BCUT2D eigenvalue weighted by atomic mass is 10.1. The number of benzene rings is 2. The fraction of sp³-hybridized carbons (Fsp3) is 0.348. The summed E-state index contributed by atoms with van der Waals surface area (Å²) in [5, 5.41) is 4.01. The summed E-state index contributed by atoms with van der Waals surface area (Å²) < 4.78 is 4.54. The Morgan fingerprint density at radius 3 is 2.70 bits per heavy atom. The van der Waals surface area contributed by atoms with Crippen LogP contribution in [0, 0.1) is 13.8 Å². The molecular formula is C23H27N5OS. The molecule has 0 saturated carbocycles. The molecule has 1 aliphatic rings. The zero-order chi connectivity index (χ0) is 21.1. The number of amides is 2. The summed E-state index contributed by atoms with van der Waals surface area (Å²) >= 11 is 1.44. The van der Waals surface area contributed by atoms with Gasteiger partial charge in [-0.1, -0.05) is 42.5 Å².